The van der Waals surface area contributed by atoms with Crippen LogP contribution in [0.2, 0.25) is 0 Å². The first-order valence-electron chi connectivity index (χ1n) is 15.1. The Morgan fingerprint density at radius 1 is 0.743 bits per heavy atom. The first-order valence-corrected chi connectivity index (χ1v) is 15.1. The minimum absolute atomic E-state index is 0.00687. The van der Waals surface area contributed by atoms with Crippen LogP contribution in [0.15, 0.2) is 24.3 Å². The molecule has 1 N–H and O–H groups in total. The predicted octanol–water partition coefficient (Wildman–Crippen LogP) is 9.94. The summed E-state index contributed by atoms with van der Waals surface area (Å²) >= 11 is 0. The summed E-state index contributed by atoms with van der Waals surface area (Å²) in [6.45, 7) is 5.03. The minimum atomic E-state index is 0.00687. The van der Waals surface area contributed by atoms with Crippen molar-refractivity contribution in [3.8, 4) is 5.75 Å². The molecule has 1 aromatic rings. The molecule has 35 heavy (non-hydrogen) atoms. The first kappa shape index (κ1) is 31.5. The zero-order chi connectivity index (χ0) is 25.4. The molecular weight excluding hydrogens is 432 g/mol. The number of hydrogen-bond acceptors (Lipinski definition) is 3. The van der Waals surface area contributed by atoms with Crippen LogP contribution in [0.25, 0.3) is 0 Å². The molecule has 0 amide bonds. The number of phenolic OH excluding ortho intramolecular Hbond substituents is 1. The summed E-state index contributed by atoms with van der Waals surface area (Å²) < 4.78 is 5.49. The second-order valence-corrected chi connectivity index (χ2v) is 10.5. The molecule has 0 aromatic heterocycles. The van der Waals surface area contributed by atoms with Crippen molar-refractivity contribution in [2.45, 2.75) is 149 Å². The van der Waals surface area contributed by atoms with E-state index in [1.54, 1.807) is 6.07 Å². The normalized spacial score (nSPS) is 12.1. The van der Waals surface area contributed by atoms with Gasteiger partial charge in [-0.05, 0) is 43.2 Å². The molecular formula is C32H56O3. The maximum atomic E-state index is 11.9. The molecule has 0 heterocycles. The van der Waals surface area contributed by atoms with E-state index in [9.17, 15) is 9.90 Å². The van der Waals surface area contributed by atoms with Gasteiger partial charge in [-0.1, -0.05) is 135 Å². The summed E-state index contributed by atoms with van der Waals surface area (Å²) in [5.74, 6) is 1.00. The lowest BCUT2D eigenvalue weighted by molar-refractivity contribution is -0.145. The third-order valence-corrected chi connectivity index (χ3v) is 7.34. The van der Waals surface area contributed by atoms with Gasteiger partial charge >= 0.3 is 5.97 Å². The molecule has 1 rings (SSSR count). The second-order valence-electron chi connectivity index (χ2n) is 10.5. The van der Waals surface area contributed by atoms with Crippen LogP contribution in [-0.4, -0.2) is 17.7 Å². The molecule has 0 radical (unpaired) electrons. The van der Waals surface area contributed by atoms with Gasteiger partial charge in [-0.2, -0.15) is 0 Å². The van der Waals surface area contributed by atoms with Crippen molar-refractivity contribution in [2.75, 3.05) is 6.61 Å². The van der Waals surface area contributed by atoms with E-state index in [-0.39, 0.29) is 5.97 Å². The molecule has 3 heteroatoms. The molecule has 0 spiro atoms. The number of carbonyl (C=O) groups is 1. The Hall–Kier alpha value is -1.51. The highest BCUT2D eigenvalue weighted by Gasteiger charge is 2.09. The largest absolute Gasteiger partial charge is 0.508 e. The maximum absolute atomic E-state index is 11.9. The fourth-order valence-electron chi connectivity index (χ4n) is 4.79. The molecule has 202 valence electrons. The highest BCUT2D eigenvalue weighted by molar-refractivity contribution is 5.69. The zero-order valence-corrected chi connectivity index (χ0v) is 23.2. The number of hydrogen-bond donors (Lipinski definition) is 1. The number of carbonyl (C=O) groups excluding carboxylic acids is 1. The van der Waals surface area contributed by atoms with Gasteiger partial charge in [-0.15, -0.1) is 0 Å². The van der Waals surface area contributed by atoms with Gasteiger partial charge in [0, 0.05) is 6.42 Å². The summed E-state index contributed by atoms with van der Waals surface area (Å²) in [6.07, 6.45) is 25.8. The van der Waals surface area contributed by atoms with E-state index in [0.29, 0.717) is 24.7 Å². The van der Waals surface area contributed by atoms with E-state index >= 15 is 0 Å². The van der Waals surface area contributed by atoms with Gasteiger partial charge in [-0.3, -0.25) is 4.79 Å². The Labute approximate surface area is 217 Å². The first-order chi connectivity index (χ1) is 17.2. The van der Waals surface area contributed by atoms with Gasteiger partial charge < -0.3 is 9.84 Å². The maximum Gasteiger partial charge on any atom is 0.305 e. The number of para-hydroxylation sites is 1. The summed E-state index contributed by atoms with van der Waals surface area (Å²) in [6, 6.07) is 7.72. The van der Waals surface area contributed by atoms with Crippen LogP contribution in [0.3, 0.4) is 0 Å². The molecule has 1 unspecified atom stereocenters. The molecule has 0 saturated carbocycles. The number of esters is 1. The number of phenols is 1. The molecule has 0 fully saturated rings. The third kappa shape index (κ3) is 18.4. The predicted molar refractivity (Wildman–Crippen MR) is 150 cm³/mol. The van der Waals surface area contributed by atoms with Crippen molar-refractivity contribution in [1.29, 1.82) is 0 Å². The van der Waals surface area contributed by atoms with E-state index < -0.39 is 0 Å². The third-order valence-electron chi connectivity index (χ3n) is 7.34. The van der Waals surface area contributed by atoms with Crippen LogP contribution in [-0.2, 0) is 16.0 Å². The van der Waals surface area contributed by atoms with Crippen LogP contribution in [0.1, 0.15) is 148 Å². The number of aryl methyl sites for hydroxylation is 1. The Morgan fingerprint density at radius 2 is 1.26 bits per heavy atom. The van der Waals surface area contributed by atoms with Crippen molar-refractivity contribution < 1.29 is 14.6 Å². The number of ether oxygens (including phenoxy) is 1. The summed E-state index contributed by atoms with van der Waals surface area (Å²) in [5.41, 5.74) is 1.09. The summed E-state index contributed by atoms with van der Waals surface area (Å²) in [4.78, 5) is 11.9. The molecule has 0 aliphatic rings. The van der Waals surface area contributed by atoms with Crippen molar-refractivity contribution in [2.24, 2.45) is 5.92 Å². The van der Waals surface area contributed by atoms with E-state index in [1.807, 2.05) is 18.2 Å². The highest BCUT2D eigenvalue weighted by atomic mass is 16.5. The summed E-state index contributed by atoms with van der Waals surface area (Å²) in [5, 5.41) is 9.79. The number of rotatable bonds is 24. The van der Waals surface area contributed by atoms with Gasteiger partial charge in [0.05, 0.1) is 6.61 Å². The molecule has 0 aliphatic heterocycles. The van der Waals surface area contributed by atoms with Crippen LogP contribution in [0.5, 0.6) is 5.75 Å². The van der Waals surface area contributed by atoms with E-state index in [0.717, 1.165) is 31.2 Å². The zero-order valence-electron chi connectivity index (χ0n) is 23.2. The molecule has 3 nitrogen and oxygen atoms in total. The lowest BCUT2D eigenvalue weighted by Gasteiger charge is -2.14. The lowest BCUT2D eigenvalue weighted by Crippen LogP contribution is -2.13. The van der Waals surface area contributed by atoms with E-state index in [2.05, 4.69) is 13.8 Å². The Kier molecular flexibility index (Phi) is 20.6. The average molecular weight is 489 g/mol. The molecule has 0 saturated heterocycles. The smallest absolute Gasteiger partial charge is 0.305 e. The quantitative estimate of drug-likeness (QED) is 0.116. The van der Waals surface area contributed by atoms with Gasteiger partial charge in [0.1, 0.15) is 5.75 Å². The summed E-state index contributed by atoms with van der Waals surface area (Å²) in [7, 11) is 0. The average Bonchev–Trinajstić information content (AvgIpc) is 2.87. The molecule has 1 atom stereocenters. The molecule has 0 aliphatic carbocycles. The lowest BCUT2D eigenvalue weighted by atomic mass is 10.0. The Morgan fingerprint density at radius 3 is 1.77 bits per heavy atom. The van der Waals surface area contributed by atoms with E-state index in [1.165, 1.54) is 103 Å². The SMILES string of the molecule is CCCCC(CC)COC(=O)CCCCCCCCCCCCCCCCCc1ccccc1O. The van der Waals surface area contributed by atoms with Gasteiger partial charge in [0.2, 0.25) is 0 Å². The fraction of sp³-hybridized carbons (Fsp3) is 0.781. The monoisotopic (exact) mass is 488 g/mol. The fourth-order valence-corrected chi connectivity index (χ4v) is 4.79. The molecule has 0 bridgehead atoms. The van der Waals surface area contributed by atoms with Crippen molar-refractivity contribution in [3.05, 3.63) is 29.8 Å². The molecule has 1 aromatic carbocycles. The minimum Gasteiger partial charge on any atom is -0.508 e. The number of aromatic hydroxyl groups is 1. The van der Waals surface area contributed by atoms with Gasteiger partial charge in [0.15, 0.2) is 0 Å². The van der Waals surface area contributed by atoms with Crippen LogP contribution >= 0.6 is 0 Å². The van der Waals surface area contributed by atoms with Crippen LogP contribution in [0, 0.1) is 5.92 Å². The highest BCUT2D eigenvalue weighted by Crippen LogP contribution is 2.19. The number of unbranched alkanes of at least 4 members (excludes halogenated alkanes) is 15. The standard InChI is InChI=1S/C32H56O3/c1-3-5-23-29(4-2)28-35-32(34)27-20-18-16-14-12-10-8-6-7-9-11-13-15-17-19-24-30-25-21-22-26-31(30)33/h21-22,25-26,29,33H,3-20,23-24,27-28H2,1-2H3. The van der Waals surface area contributed by atoms with Crippen molar-refractivity contribution in [1.82, 2.24) is 0 Å². The Balaban J connectivity index is 1.77. The number of benzene rings is 1. The van der Waals surface area contributed by atoms with E-state index in [4.69, 9.17) is 4.74 Å². The van der Waals surface area contributed by atoms with Crippen LogP contribution < -0.4 is 0 Å². The van der Waals surface area contributed by atoms with Gasteiger partial charge in [-0.25, -0.2) is 0 Å². The van der Waals surface area contributed by atoms with Gasteiger partial charge in [0.25, 0.3) is 0 Å². The second kappa shape index (κ2) is 22.9. The topological polar surface area (TPSA) is 46.5 Å². The Bertz CT molecular complexity index is 613. The van der Waals surface area contributed by atoms with Crippen LogP contribution in [0.4, 0.5) is 0 Å². The van der Waals surface area contributed by atoms with Crippen molar-refractivity contribution in [3.63, 3.8) is 0 Å². The van der Waals surface area contributed by atoms with Crippen molar-refractivity contribution >= 4 is 5.97 Å².